The second kappa shape index (κ2) is 7.18. The monoisotopic (exact) mass is 382 g/mol. The van der Waals surface area contributed by atoms with Gasteiger partial charge >= 0.3 is 6.03 Å². The maximum Gasteiger partial charge on any atom is 0.318 e. The molecule has 3 aliphatic rings. The summed E-state index contributed by atoms with van der Waals surface area (Å²) >= 11 is 0. The molecule has 0 aromatic heterocycles. The summed E-state index contributed by atoms with van der Waals surface area (Å²) in [5, 5.41) is 3.17. The van der Waals surface area contributed by atoms with Crippen LogP contribution in [0, 0.1) is 5.41 Å². The highest BCUT2D eigenvalue weighted by atomic mass is 16.2. The number of nitrogens with zero attached hydrogens (tertiary/aromatic N) is 3. The van der Waals surface area contributed by atoms with Crippen molar-refractivity contribution < 1.29 is 4.79 Å². The van der Waals surface area contributed by atoms with Crippen molar-refractivity contribution >= 4 is 12.7 Å². The van der Waals surface area contributed by atoms with Crippen LogP contribution in [0.25, 0.3) is 0 Å². The summed E-state index contributed by atoms with van der Waals surface area (Å²) < 4.78 is 0. The van der Waals surface area contributed by atoms with Gasteiger partial charge in [-0.15, -0.1) is 0 Å². The minimum absolute atomic E-state index is 0.0465. The van der Waals surface area contributed by atoms with Gasteiger partial charge in [0.2, 0.25) is 0 Å². The fourth-order valence-corrected chi connectivity index (χ4v) is 5.82. The lowest BCUT2D eigenvalue weighted by atomic mass is 9.65. The number of nitrogens with one attached hydrogen (secondary N) is 1. The molecule has 1 aromatic rings. The molecule has 28 heavy (non-hydrogen) atoms. The number of carbonyl (C=O) groups is 1. The Morgan fingerprint density at radius 1 is 1.11 bits per heavy atom. The van der Waals surface area contributed by atoms with E-state index in [1.807, 2.05) is 0 Å². The molecule has 1 heterocycles. The fourth-order valence-electron chi connectivity index (χ4n) is 5.82. The van der Waals surface area contributed by atoms with E-state index in [1.54, 1.807) is 0 Å². The lowest BCUT2D eigenvalue weighted by Gasteiger charge is -2.53. The van der Waals surface area contributed by atoms with Gasteiger partial charge in [0.25, 0.3) is 0 Å². The standard InChI is InChI=1S/C23H34N4O/c1-24-16-21(10-7-11-21)18-27-20(28)25-17-22(27)12-14-23(15-13-22,26(2)3)19-8-5-4-6-9-19/h4-6,8-9H,1,7,10-18H2,2-3H3,(H,25,28)/t22-,23+. The number of rotatable bonds is 6. The Balaban J connectivity index is 1.56. The van der Waals surface area contributed by atoms with E-state index in [9.17, 15) is 4.79 Å². The lowest BCUT2D eigenvalue weighted by Crippen LogP contribution is -2.58. The first-order valence-electron chi connectivity index (χ1n) is 10.7. The predicted molar refractivity (Wildman–Crippen MR) is 114 cm³/mol. The van der Waals surface area contributed by atoms with Crippen molar-refractivity contribution in [1.29, 1.82) is 0 Å². The molecule has 3 fully saturated rings. The molecule has 5 heteroatoms. The van der Waals surface area contributed by atoms with Crippen molar-refractivity contribution in [3.63, 3.8) is 0 Å². The molecule has 1 aliphatic heterocycles. The average molecular weight is 383 g/mol. The third-order valence-corrected chi connectivity index (χ3v) is 7.92. The van der Waals surface area contributed by atoms with E-state index in [-0.39, 0.29) is 22.5 Å². The van der Waals surface area contributed by atoms with Gasteiger partial charge in [-0.1, -0.05) is 36.8 Å². The Labute approximate surface area is 169 Å². The third kappa shape index (κ3) is 3.04. The molecule has 0 atom stereocenters. The normalized spacial score (nSPS) is 31.7. The molecule has 0 bridgehead atoms. The van der Waals surface area contributed by atoms with Gasteiger partial charge in [-0.3, -0.25) is 4.90 Å². The van der Waals surface area contributed by atoms with Crippen LogP contribution in [0.4, 0.5) is 4.79 Å². The number of aliphatic imine (C=N–C) groups is 1. The zero-order valence-corrected chi connectivity index (χ0v) is 17.4. The topological polar surface area (TPSA) is 47.9 Å². The Morgan fingerprint density at radius 2 is 1.79 bits per heavy atom. The fraction of sp³-hybridized carbons (Fsp3) is 0.652. The molecule has 0 radical (unpaired) electrons. The van der Waals surface area contributed by atoms with Gasteiger partial charge in [0.1, 0.15) is 0 Å². The summed E-state index contributed by atoms with van der Waals surface area (Å²) in [6.07, 6.45) is 7.79. The molecule has 1 spiro atoms. The smallest absolute Gasteiger partial charge is 0.318 e. The Morgan fingerprint density at radius 3 is 2.32 bits per heavy atom. The zero-order valence-electron chi connectivity index (χ0n) is 17.4. The minimum atomic E-state index is -0.0465. The third-order valence-electron chi connectivity index (χ3n) is 7.92. The zero-order chi connectivity index (χ0) is 19.8. The summed E-state index contributed by atoms with van der Waals surface area (Å²) in [7, 11) is 4.39. The van der Waals surface area contributed by atoms with Crippen LogP contribution in [0.15, 0.2) is 35.3 Å². The van der Waals surface area contributed by atoms with Crippen LogP contribution in [0.3, 0.4) is 0 Å². The number of hydrogen-bond acceptors (Lipinski definition) is 3. The Bertz CT molecular complexity index is 717. The van der Waals surface area contributed by atoms with Crippen molar-refractivity contribution in [2.75, 3.05) is 33.7 Å². The van der Waals surface area contributed by atoms with Crippen LogP contribution in [-0.4, -0.2) is 61.8 Å². The quantitative estimate of drug-likeness (QED) is 0.764. The second-order valence-corrected chi connectivity index (χ2v) is 9.50. The maximum absolute atomic E-state index is 12.8. The van der Waals surface area contributed by atoms with Gasteiger partial charge in [-0.2, -0.15) is 0 Å². The van der Waals surface area contributed by atoms with E-state index < -0.39 is 0 Å². The SMILES string of the molecule is C=NCC1(CN2C(=O)NC[C@]23CC[C@](c2ccccc2)(N(C)C)CC3)CCC1. The van der Waals surface area contributed by atoms with E-state index in [2.05, 4.69) is 71.3 Å². The van der Waals surface area contributed by atoms with Crippen molar-refractivity contribution in [2.45, 2.75) is 56.0 Å². The number of benzene rings is 1. The van der Waals surface area contributed by atoms with Crippen molar-refractivity contribution in [2.24, 2.45) is 10.4 Å². The van der Waals surface area contributed by atoms with E-state index in [4.69, 9.17) is 0 Å². The molecule has 0 unspecified atom stereocenters. The highest BCUT2D eigenvalue weighted by molar-refractivity contribution is 5.78. The minimum Gasteiger partial charge on any atom is -0.336 e. The maximum atomic E-state index is 12.8. The van der Waals surface area contributed by atoms with Crippen molar-refractivity contribution in [1.82, 2.24) is 15.1 Å². The summed E-state index contributed by atoms with van der Waals surface area (Å²) in [5.74, 6) is 0. The number of carbonyl (C=O) groups excluding carboxylic acids is 1. The van der Waals surface area contributed by atoms with Crippen LogP contribution in [-0.2, 0) is 5.54 Å². The highest BCUT2D eigenvalue weighted by Crippen LogP contribution is 2.50. The summed E-state index contributed by atoms with van der Waals surface area (Å²) in [4.78, 5) is 21.6. The number of urea groups is 1. The van der Waals surface area contributed by atoms with E-state index >= 15 is 0 Å². The average Bonchev–Trinajstić information content (AvgIpc) is 2.97. The molecule has 2 amide bonds. The van der Waals surface area contributed by atoms with E-state index in [1.165, 1.54) is 12.0 Å². The highest BCUT2D eigenvalue weighted by Gasteiger charge is 2.54. The van der Waals surface area contributed by atoms with Gasteiger partial charge in [0.15, 0.2) is 0 Å². The van der Waals surface area contributed by atoms with Crippen molar-refractivity contribution in [3.05, 3.63) is 35.9 Å². The van der Waals surface area contributed by atoms with Gasteiger partial charge in [0, 0.05) is 30.6 Å². The van der Waals surface area contributed by atoms with Crippen LogP contribution in [0.5, 0.6) is 0 Å². The number of amides is 2. The molecule has 1 N–H and O–H groups in total. The van der Waals surface area contributed by atoms with Crippen LogP contribution in [0.2, 0.25) is 0 Å². The number of hydrogen-bond donors (Lipinski definition) is 1. The molecule has 1 aromatic carbocycles. The van der Waals surface area contributed by atoms with Gasteiger partial charge < -0.3 is 15.2 Å². The molecule has 152 valence electrons. The molecule has 1 saturated heterocycles. The van der Waals surface area contributed by atoms with Gasteiger partial charge in [0.05, 0.1) is 5.54 Å². The van der Waals surface area contributed by atoms with Crippen LogP contribution < -0.4 is 5.32 Å². The lowest BCUT2D eigenvalue weighted by molar-refractivity contribution is -0.00210. The first-order chi connectivity index (χ1) is 13.5. The second-order valence-electron chi connectivity index (χ2n) is 9.50. The Kier molecular flexibility index (Phi) is 4.98. The summed E-state index contributed by atoms with van der Waals surface area (Å²) in [5.41, 5.74) is 1.56. The van der Waals surface area contributed by atoms with E-state index in [0.29, 0.717) is 0 Å². The van der Waals surface area contributed by atoms with Crippen molar-refractivity contribution in [3.8, 4) is 0 Å². The summed E-state index contributed by atoms with van der Waals surface area (Å²) in [6, 6.07) is 11.0. The molecular weight excluding hydrogens is 348 g/mol. The van der Waals surface area contributed by atoms with Gasteiger partial charge in [-0.05, 0) is 64.9 Å². The first-order valence-corrected chi connectivity index (χ1v) is 10.7. The van der Waals surface area contributed by atoms with E-state index in [0.717, 1.165) is 58.2 Å². The molecule has 2 aliphatic carbocycles. The first kappa shape index (κ1) is 19.4. The van der Waals surface area contributed by atoms with Crippen LogP contribution >= 0.6 is 0 Å². The van der Waals surface area contributed by atoms with Gasteiger partial charge in [-0.25, -0.2) is 4.79 Å². The van der Waals surface area contributed by atoms with Crippen LogP contribution in [0.1, 0.15) is 50.5 Å². The molecular formula is C23H34N4O. The molecule has 2 saturated carbocycles. The molecule has 5 nitrogen and oxygen atoms in total. The largest absolute Gasteiger partial charge is 0.336 e. The molecule has 4 rings (SSSR count). The Hall–Kier alpha value is -1.88. The predicted octanol–water partition coefficient (Wildman–Crippen LogP) is 3.65. The summed E-state index contributed by atoms with van der Waals surface area (Å²) in [6.45, 7) is 6.11.